The van der Waals surface area contributed by atoms with E-state index < -0.39 is 0 Å². The third-order valence-electron chi connectivity index (χ3n) is 1.68. The molecule has 0 atom stereocenters. The molecule has 2 heteroatoms. The normalized spacial score (nSPS) is 12.3. The minimum Gasteiger partial charge on any atom is -0.361 e. The van der Waals surface area contributed by atoms with Gasteiger partial charge in [-0.1, -0.05) is 30.4 Å². The summed E-state index contributed by atoms with van der Waals surface area (Å²) in [6.07, 6.45) is 8.03. The number of fused-ring (bicyclic) bond motifs is 1. The molecular weight excluding hydrogens is 148 g/mol. The summed E-state index contributed by atoms with van der Waals surface area (Å²) in [5, 5.41) is 3.18. The molecule has 0 saturated carbocycles. The van der Waals surface area contributed by atoms with Gasteiger partial charge in [0.2, 0.25) is 0 Å². The van der Waals surface area contributed by atoms with Crippen molar-refractivity contribution >= 4 is 11.8 Å². The Bertz CT molecular complexity index is 313. The van der Waals surface area contributed by atoms with E-state index in [0.29, 0.717) is 0 Å². The third-order valence-corrected chi connectivity index (χ3v) is 1.68. The average molecular weight is 160 g/mol. The highest BCUT2D eigenvalue weighted by Gasteiger charge is 1.95. The first kappa shape index (κ1) is 8.56. The summed E-state index contributed by atoms with van der Waals surface area (Å²) in [5.41, 5.74) is 2.40. The number of anilines is 1. The summed E-state index contributed by atoms with van der Waals surface area (Å²) in [4.78, 5) is 0. The second kappa shape index (κ2) is 3.74. The van der Waals surface area contributed by atoms with Gasteiger partial charge < -0.3 is 11.5 Å². The minimum absolute atomic E-state index is 0. The number of allylic oxidation sites excluding steroid dienone is 2. The highest BCUT2D eigenvalue weighted by atomic mass is 14.8. The van der Waals surface area contributed by atoms with E-state index in [1.54, 1.807) is 0 Å². The number of hydrogen-bond donors (Lipinski definition) is 2. The second-order valence-corrected chi connectivity index (χ2v) is 2.45. The number of benzene rings is 1. The minimum atomic E-state index is 0. The van der Waals surface area contributed by atoms with Crippen molar-refractivity contribution in [3.05, 3.63) is 48.2 Å². The largest absolute Gasteiger partial charge is 0.361 e. The van der Waals surface area contributed by atoms with Crippen LogP contribution in [0.2, 0.25) is 0 Å². The summed E-state index contributed by atoms with van der Waals surface area (Å²) < 4.78 is 0. The van der Waals surface area contributed by atoms with Crippen molar-refractivity contribution in [3.8, 4) is 0 Å². The molecule has 1 aromatic carbocycles. The zero-order chi connectivity index (χ0) is 7.52. The maximum atomic E-state index is 3.18. The summed E-state index contributed by atoms with van der Waals surface area (Å²) in [6.45, 7) is 0. The molecule has 1 aliphatic heterocycles. The zero-order valence-electron chi connectivity index (χ0n) is 6.83. The molecule has 0 aromatic heterocycles. The van der Waals surface area contributed by atoms with Gasteiger partial charge in [0.05, 0.1) is 0 Å². The Morgan fingerprint density at radius 1 is 1.00 bits per heavy atom. The molecule has 0 unspecified atom stereocenters. The summed E-state index contributed by atoms with van der Waals surface area (Å²) in [5.74, 6) is 0. The van der Waals surface area contributed by atoms with E-state index in [1.807, 2.05) is 30.5 Å². The topological polar surface area (TPSA) is 47.0 Å². The van der Waals surface area contributed by atoms with Crippen LogP contribution in [0.5, 0.6) is 0 Å². The molecule has 4 N–H and O–H groups in total. The molecule has 12 heavy (non-hydrogen) atoms. The van der Waals surface area contributed by atoms with Crippen molar-refractivity contribution in [2.45, 2.75) is 0 Å². The Labute approximate surface area is 72.2 Å². The van der Waals surface area contributed by atoms with Crippen molar-refractivity contribution in [2.75, 3.05) is 5.32 Å². The molecule has 0 aliphatic carbocycles. The van der Waals surface area contributed by atoms with Crippen LogP contribution in [-0.2, 0) is 0 Å². The molecule has 0 saturated heterocycles. The van der Waals surface area contributed by atoms with E-state index in [0.717, 1.165) is 5.69 Å². The fourth-order valence-corrected chi connectivity index (χ4v) is 1.13. The summed E-state index contributed by atoms with van der Waals surface area (Å²) in [6, 6.07) is 8.22. The van der Waals surface area contributed by atoms with Gasteiger partial charge in [-0.05, 0) is 17.7 Å². The molecule has 0 bridgehead atoms. The SMILES string of the molecule is C1=CNc2ccccc2C=C1.N. The van der Waals surface area contributed by atoms with Gasteiger partial charge in [-0.25, -0.2) is 0 Å². The van der Waals surface area contributed by atoms with E-state index >= 15 is 0 Å². The Morgan fingerprint density at radius 3 is 2.75 bits per heavy atom. The number of para-hydroxylation sites is 1. The molecule has 2 rings (SSSR count). The van der Waals surface area contributed by atoms with Gasteiger partial charge in [0.1, 0.15) is 0 Å². The van der Waals surface area contributed by atoms with Crippen LogP contribution in [0.4, 0.5) is 5.69 Å². The molecule has 1 aliphatic rings. The molecule has 62 valence electrons. The predicted molar refractivity (Wildman–Crippen MR) is 53.3 cm³/mol. The number of nitrogens with one attached hydrogen (secondary N) is 1. The molecule has 1 heterocycles. The van der Waals surface area contributed by atoms with Crippen molar-refractivity contribution < 1.29 is 0 Å². The first-order chi connectivity index (χ1) is 5.47. The highest BCUT2D eigenvalue weighted by molar-refractivity contribution is 5.69. The van der Waals surface area contributed by atoms with Crippen molar-refractivity contribution in [2.24, 2.45) is 0 Å². The van der Waals surface area contributed by atoms with Crippen molar-refractivity contribution in [1.82, 2.24) is 6.15 Å². The maximum absolute atomic E-state index is 3.18. The molecule has 1 aromatic rings. The summed E-state index contributed by atoms with van der Waals surface area (Å²) >= 11 is 0. The van der Waals surface area contributed by atoms with Crippen LogP contribution in [0.25, 0.3) is 6.08 Å². The first-order valence-corrected chi connectivity index (χ1v) is 3.65. The fourth-order valence-electron chi connectivity index (χ4n) is 1.13. The lowest BCUT2D eigenvalue weighted by molar-refractivity contribution is 1.57. The van der Waals surface area contributed by atoms with Gasteiger partial charge in [-0.15, -0.1) is 0 Å². The van der Waals surface area contributed by atoms with Gasteiger partial charge >= 0.3 is 0 Å². The van der Waals surface area contributed by atoms with Gasteiger partial charge in [0, 0.05) is 11.9 Å². The fraction of sp³-hybridized carbons (Fsp3) is 0. The van der Waals surface area contributed by atoms with Crippen molar-refractivity contribution in [3.63, 3.8) is 0 Å². The van der Waals surface area contributed by atoms with E-state index in [1.165, 1.54) is 5.56 Å². The standard InChI is InChI=1S/C10H9N.H3N/c1-2-7-10-9(5-1)6-3-4-8-11-10;/h1-8,11H;1H3. The van der Waals surface area contributed by atoms with Crippen molar-refractivity contribution in [1.29, 1.82) is 0 Å². The van der Waals surface area contributed by atoms with E-state index in [2.05, 4.69) is 23.5 Å². The number of rotatable bonds is 0. The van der Waals surface area contributed by atoms with Crippen LogP contribution in [0.15, 0.2) is 42.6 Å². The van der Waals surface area contributed by atoms with Crippen LogP contribution in [0.3, 0.4) is 0 Å². The number of hydrogen-bond acceptors (Lipinski definition) is 2. The van der Waals surface area contributed by atoms with E-state index in [9.17, 15) is 0 Å². The summed E-state index contributed by atoms with van der Waals surface area (Å²) in [7, 11) is 0. The Hall–Kier alpha value is -1.54. The molecular formula is C10H12N2. The Morgan fingerprint density at radius 2 is 1.83 bits per heavy atom. The quantitative estimate of drug-likeness (QED) is 0.613. The van der Waals surface area contributed by atoms with E-state index in [4.69, 9.17) is 0 Å². The van der Waals surface area contributed by atoms with E-state index in [-0.39, 0.29) is 6.15 Å². The van der Waals surface area contributed by atoms with Gasteiger partial charge in [-0.2, -0.15) is 0 Å². The molecule has 2 nitrogen and oxygen atoms in total. The molecule has 0 radical (unpaired) electrons. The maximum Gasteiger partial charge on any atom is 0.0453 e. The smallest absolute Gasteiger partial charge is 0.0453 e. The third kappa shape index (κ3) is 1.54. The molecule has 0 amide bonds. The lowest BCUT2D eigenvalue weighted by atomic mass is 10.2. The monoisotopic (exact) mass is 160 g/mol. The lowest BCUT2D eigenvalue weighted by Gasteiger charge is -2.01. The zero-order valence-corrected chi connectivity index (χ0v) is 6.83. The van der Waals surface area contributed by atoms with Crippen LogP contribution in [0, 0.1) is 0 Å². The Balaban J connectivity index is 0.000000720. The van der Waals surface area contributed by atoms with Gasteiger partial charge in [0.15, 0.2) is 0 Å². The highest BCUT2D eigenvalue weighted by Crippen LogP contribution is 2.18. The Kier molecular flexibility index (Phi) is 2.66. The average Bonchev–Trinajstić information content (AvgIpc) is 2.28. The molecule has 0 spiro atoms. The first-order valence-electron chi connectivity index (χ1n) is 3.65. The lowest BCUT2D eigenvalue weighted by Crippen LogP contribution is -1.87. The van der Waals surface area contributed by atoms with Crippen LogP contribution in [0.1, 0.15) is 5.56 Å². The predicted octanol–water partition coefficient (Wildman–Crippen LogP) is 2.80. The van der Waals surface area contributed by atoms with Crippen LogP contribution >= 0.6 is 0 Å². The molecule has 0 fully saturated rings. The van der Waals surface area contributed by atoms with Crippen LogP contribution in [-0.4, -0.2) is 0 Å². The van der Waals surface area contributed by atoms with Gasteiger partial charge in [-0.3, -0.25) is 0 Å². The second-order valence-electron chi connectivity index (χ2n) is 2.45. The van der Waals surface area contributed by atoms with Crippen LogP contribution < -0.4 is 11.5 Å². The van der Waals surface area contributed by atoms with Gasteiger partial charge in [0.25, 0.3) is 0 Å².